The molecule has 3 aromatic rings. The first-order chi connectivity index (χ1) is 10.1. The second-order valence-corrected chi connectivity index (χ2v) is 7.58. The Kier molecular flexibility index (Phi) is 4.42. The molecule has 0 fully saturated rings. The number of aryl methyl sites for hydroxylation is 1. The molecule has 0 unspecified atom stereocenters. The fourth-order valence-electron chi connectivity index (χ4n) is 2.35. The summed E-state index contributed by atoms with van der Waals surface area (Å²) >= 11 is 3.48. The van der Waals surface area contributed by atoms with Gasteiger partial charge in [0.25, 0.3) is 0 Å². The van der Waals surface area contributed by atoms with Crippen molar-refractivity contribution < 1.29 is 4.74 Å². The first-order valence-corrected chi connectivity index (χ1v) is 8.98. The predicted molar refractivity (Wildman–Crippen MR) is 93.0 cm³/mol. The molecule has 2 aromatic heterocycles. The molecule has 5 heteroatoms. The molecule has 0 saturated heterocycles. The normalized spacial score (nSPS) is 11.8. The number of nitrogens with one attached hydrogen (secondary N) is 1. The van der Waals surface area contributed by atoms with Crippen LogP contribution in [0, 0.1) is 6.92 Å². The molecular weight excluding hydrogens is 300 g/mol. The Hall–Kier alpha value is -1.17. The molecule has 0 bridgehead atoms. The van der Waals surface area contributed by atoms with Gasteiger partial charge in [0.15, 0.2) is 0 Å². The topological polar surface area (TPSA) is 34.1 Å². The standard InChI is InChI=1S/C16H20N2OS2/c1-10(2)17-6-4-7-19-13-9-14-15(18-11(3)21-14)16-12(13)5-8-20-16/h5,8-10,17H,4,6-7H2,1-3H3. The SMILES string of the molecule is Cc1nc2c(cc(OCCCNC(C)C)c3ccsc32)s1. The quantitative estimate of drug-likeness (QED) is 0.675. The largest absolute Gasteiger partial charge is 0.493 e. The number of nitrogens with zero attached hydrogens (tertiary/aromatic N) is 1. The number of benzene rings is 1. The van der Waals surface area contributed by atoms with E-state index in [2.05, 4.69) is 48.6 Å². The zero-order valence-corrected chi connectivity index (χ0v) is 14.2. The van der Waals surface area contributed by atoms with Gasteiger partial charge in [-0.25, -0.2) is 4.98 Å². The minimum absolute atomic E-state index is 0.532. The molecule has 0 aliphatic heterocycles. The van der Waals surface area contributed by atoms with E-state index in [1.165, 1.54) is 14.8 Å². The van der Waals surface area contributed by atoms with Crippen LogP contribution in [0.1, 0.15) is 25.3 Å². The van der Waals surface area contributed by atoms with E-state index in [4.69, 9.17) is 4.74 Å². The fraction of sp³-hybridized carbons (Fsp3) is 0.438. The first kappa shape index (κ1) is 14.8. The lowest BCUT2D eigenvalue weighted by Crippen LogP contribution is -2.24. The van der Waals surface area contributed by atoms with Gasteiger partial charge >= 0.3 is 0 Å². The number of fused-ring (bicyclic) bond motifs is 3. The van der Waals surface area contributed by atoms with Crippen molar-refractivity contribution in [2.45, 2.75) is 33.2 Å². The molecular formula is C16H20N2OS2. The summed E-state index contributed by atoms with van der Waals surface area (Å²) < 4.78 is 8.49. The van der Waals surface area contributed by atoms with Crippen molar-refractivity contribution in [2.24, 2.45) is 0 Å². The Bertz CT molecular complexity index is 745. The molecule has 112 valence electrons. The molecule has 0 atom stereocenters. The Morgan fingerprint density at radius 3 is 3.05 bits per heavy atom. The number of hydrogen-bond acceptors (Lipinski definition) is 5. The summed E-state index contributed by atoms with van der Waals surface area (Å²) in [7, 11) is 0. The van der Waals surface area contributed by atoms with E-state index in [-0.39, 0.29) is 0 Å². The lowest BCUT2D eigenvalue weighted by Gasteiger charge is -2.10. The Morgan fingerprint density at radius 2 is 2.24 bits per heavy atom. The maximum absolute atomic E-state index is 6.02. The molecule has 2 heterocycles. The molecule has 0 aliphatic rings. The van der Waals surface area contributed by atoms with Crippen molar-refractivity contribution >= 4 is 43.0 Å². The highest BCUT2D eigenvalue weighted by atomic mass is 32.1. The maximum atomic E-state index is 6.02. The highest BCUT2D eigenvalue weighted by Crippen LogP contribution is 2.38. The molecule has 21 heavy (non-hydrogen) atoms. The summed E-state index contributed by atoms with van der Waals surface area (Å²) in [6.07, 6.45) is 1.02. The second-order valence-electron chi connectivity index (χ2n) is 5.43. The molecule has 0 saturated carbocycles. The van der Waals surface area contributed by atoms with Gasteiger partial charge < -0.3 is 10.1 Å². The molecule has 0 aliphatic carbocycles. The van der Waals surface area contributed by atoms with Crippen LogP contribution in [0.3, 0.4) is 0 Å². The highest BCUT2D eigenvalue weighted by molar-refractivity contribution is 7.21. The summed E-state index contributed by atoms with van der Waals surface area (Å²) in [4.78, 5) is 4.65. The van der Waals surface area contributed by atoms with Crippen LogP contribution in [0.25, 0.3) is 20.3 Å². The van der Waals surface area contributed by atoms with Gasteiger partial charge in [0.2, 0.25) is 0 Å². The van der Waals surface area contributed by atoms with E-state index in [0.717, 1.165) is 35.8 Å². The van der Waals surface area contributed by atoms with Crippen LogP contribution in [-0.4, -0.2) is 24.2 Å². The number of ether oxygens (including phenoxy) is 1. The van der Waals surface area contributed by atoms with Gasteiger partial charge in [-0.1, -0.05) is 13.8 Å². The molecule has 1 N–H and O–H groups in total. The van der Waals surface area contributed by atoms with Gasteiger partial charge in [-0.05, 0) is 31.3 Å². The van der Waals surface area contributed by atoms with Gasteiger partial charge in [-0.3, -0.25) is 0 Å². The summed E-state index contributed by atoms with van der Waals surface area (Å²) in [6.45, 7) is 8.12. The molecule has 0 amide bonds. The third-order valence-corrected chi connectivity index (χ3v) is 5.14. The predicted octanol–water partition coefficient (Wildman–Crippen LogP) is 4.59. The van der Waals surface area contributed by atoms with Gasteiger partial charge in [0, 0.05) is 17.5 Å². The van der Waals surface area contributed by atoms with Crippen LogP contribution in [0.4, 0.5) is 0 Å². The Balaban J connectivity index is 1.78. The van der Waals surface area contributed by atoms with Crippen molar-refractivity contribution in [1.29, 1.82) is 0 Å². The number of rotatable bonds is 6. The summed E-state index contributed by atoms with van der Waals surface area (Å²) in [5.41, 5.74) is 1.12. The van der Waals surface area contributed by atoms with Crippen molar-refractivity contribution in [2.75, 3.05) is 13.2 Å². The van der Waals surface area contributed by atoms with E-state index in [1.54, 1.807) is 22.7 Å². The fourth-order valence-corrected chi connectivity index (χ4v) is 4.18. The van der Waals surface area contributed by atoms with Crippen molar-refractivity contribution in [3.05, 3.63) is 22.5 Å². The average molecular weight is 320 g/mol. The maximum Gasteiger partial charge on any atom is 0.129 e. The van der Waals surface area contributed by atoms with E-state index in [1.807, 2.05) is 0 Å². The van der Waals surface area contributed by atoms with Crippen LogP contribution in [0.5, 0.6) is 5.75 Å². The second kappa shape index (κ2) is 6.30. The number of thiophene rings is 1. The number of hydrogen-bond donors (Lipinski definition) is 1. The zero-order valence-electron chi connectivity index (χ0n) is 12.6. The first-order valence-electron chi connectivity index (χ1n) is 7.28. The third kappa shape index (κ3) is 3.20. The highest BCUT2D eigenvalue weighted by Gasteiger charge is 2.12. The van der Waals surface area contributed by atoms with E-state index >= 15 is 0 Å². The summed E-state index contributed by atoms with van der Waals surface area (Å²) in [5, 5.41) is 7.83. The van der Waals surface area contributed by atoms with Gasteiger partial charge in [0.1, 0.15) is 5.75 Å². The van der Waals surface area contributed by atoms with Crippen molar-refractivity contribution in [3.63, 3.8) is 0 Å². The zero-order chi connectivity index (χ0) is 14.8. The lowest BCUT2D eigenvalue weighted by atomic mass is 10.2. The van der Waals surface area contributed by atoms with Crippen LogP contribution in [0.15, 0.2) is 17.5 Å². The Morgan fingerprint density at radius 1 is 1.38 bits per heavy atom. The number of aromatic nitrogens is 1. The Labute approximate surface area is 133 Å². The smallest absolute Gasteiger partial charge is 0.129 e. The molecule has 3 nitrogen and oxygen atoms in total. The minimum Gasteiger partial charge on any atom is -0.493 e. The van der Waals surface area contributed by atoms with Gasteiger partial charge in [-0.2, -0.15) is 0 Å². The van der Waals surface area contributed by atoms with Crippen LogP contribution in [-0.2, 0) is 0 Å². The van der Waals surface area contributed by atoms with Crippen molar-refractivity contribution in [1.82, 2.24) is 10.3 Å². The van der Waals surface area contributed by atoms with Gasteiger partial charge in [-0.15, -0.1) is 22.7 Å². The van der Waals surface area contributed by atoms with Crippen LogP contribution < -0.4 is 10.1 Å². The molecule has 1 aromatic carbocycles. The molecule has 0 spiro atoms. The van der Waals surface area contributed by atoms with Crippen LogP contribution >= 0.6 is 22.7 Å². The van der Waals surface area contributed by atoms with E-state index in [0.29, 0.717) is 6.04 Å². The van der Waals surface area contributed by atoms with E-state index < -0.39 is 0 Å². The summed E-state index contributed by atoms with van der Waals surface area (Å²) in [5.74, 6) is 0.993. The lowest BCUT2D eigenvalue weighted by molar-refractivity contribution is 0.310. The van der Waals surface area contributed by atoms with Crippen molar-refractivity contribution in [3.8, 4) is 5.75 Å². The summed E-state index contributed by atoms with van der Waals surface area (Å²) in [6, 6.07) is 4.81. The average Bonchev–Trinajstić information content (AvgIpc) is 3.02. The van der Waals surface area contributed by atoms with E-state index in [9.17, 15) is 0 Å². The number of thiazole rings is 1. The third-order valence-electron chi connectivity index (χ3n) is 3.30. The van der Waals surface area contributed by atoms with Gasteiger partial charge in [0.05, 0.1) is 26.5 Å². The van der Waals surface area contributed by atoms with Crippen LogP contribution in [0.2, 0.25) is 0 Å². The molecule has 3 rings (SSSR count). The molecule has 0 radical (unpaired) electrons. The minimum atomic E-state index is 0.532. The monoisotopic (exact) mass is 320 g/mol.